The molecular weight excluding hydrogens is 328 g/mol. The quantitative estimate of drug-likeness (QED) is 0.878. The molecule has 2 N–H and O–H groups in total. The van der Waals surface area contributed by atoms with Crippen LogP contribution in [0.2, 0.25) is 0 Å². The van der Waals surface area contributed by atoms with Crippen LogP contribution in [0.5, 0.6) is 0 Å². The average Bonchev–Trinajstić information content (AvgIpc) is 2.53. The highest BCUT2D eigenvalue weighted by atomic mass is 16.5. The van der Waals surface area contributed by atoms with E-state index in [1.165, 1.54) is 0 Å². The second-order valence-electron chi connectivity index (χ2n) is 7.45. The van der Waals surface area contributed by atoms with Gasteiger partial charge in [-0.05, 0) is 70.9 Å². The number of amides is 1. The minimum atomic E-state index is -0.185. The Bertz CT molecular complexity index is 767. The number of nitrogens with one attached hydrogen (secondary N) is 2. The zero-order valence-corrected chi connectivity index (χ0v) is 15.8. The van der Waals surface area contributed by atoms with E-state index in [4.69, 9.17) is 4.74 Å². The van der Waals surface area contributed by atoms with Crippen molar-refractivity contribution in [3.8, 4) is 0 Å². The van der Waals surface area contributed by atoms with Gasteiger partial charge >= 0.3 is 0 Å². The van der Waals surface area contributed by atoms with Crippen molar-refractivity contribution in [2.45, 2.75) is 52.2 Å². The molecule has 1 aromatic heterocycles. The zero-order chi connectivity index (χ0) is 18.7. The molecule has 1 atom stereocenters. The van der Waals surface area contributed by atoms with E-state index in [1.807, 2.05) is 44.2 Å². The number of rotatable bonds is 4. The van der Waals surface area contributed by atoms with E-state index in [9.17, 15) is 4.79 Å². The maximum atomic E-state index is 12.5. The lowest BCUT2D eigenvalue weighted by molar-refractivity contribution is -0.0615. The number of carbonyl (C=O) groups is 1. The van der Waals surface area contributed by atoms with E-state index in [0.717, 1.165) is 29.9 Å². The van der Waals surface area contributed by atoms with Crippen molar-refractivity contribution in [3.05, 3.63) is 47.3 Å². The standard InChI is InChI=1S/C20H26N4O2/c1-13-11-14(2)22-19(21-13)24-16-7-5-15(6-8-16)18(25)23-17-9-10-26-20(3,4)12-17/h5-8,11,17H,9-10,12H2,1-4H3,(H,23,25)(H,21,22,24)/t17-/m1/s1. The monoisotopic (exact) mass is 354 g/mol. The Morgan fingerprint density at radius 3 is 2.42 bits per heavy atom. The molecule has 0 saturated carbocycles. The summed E-state index contributed by atoms with van der Waals surface area (Å²) in [5.74, 6) is 0.506. The van der Waals surface area contributed by atoms with Crippen LogP contribution in [0.3, 0.4) is 0 Å². The molecule has 3 rings (SSSR count). The Balaban J connectivity index is 1.62. The minimum absolute atomic E-state index is 0.0538. The molecule has 1 saturated heterocycles. The molecule has 0 aliphatic carbocycles. The van der Waals surface area contributed by atoms with Gasteiger partial charge in [-0.15, -0.1) is 0 Å². The van der Waals surface area contributed by atoms with Crippen LogP contribution in [0.1, 0.15) is 48.4 Å². The summed E-state index contributed by atoms with van der Waals surface area (Å²) in [6, 6.07) is 9.42. The molecule has 0 radical (unpaired) electrons. The lowest BCUT2D eigenvalue weighted by atomic mass is 9.94. The Labute approximate surface area is 154 Å². The number of hydrogen-bond acceptors (Lipinski definition) is 5. The first-order valence-corrected chi connectivity index (χ1v) is 8.95. The van der Waals surface area contributed by atoms with Crippen LogP contribution < -0.4 is 10.6 Å². The Kier molecular flexibility index (Phi) is 5.23. The van der Waals surface area contributed by atoms with E-state index in [2.05, 4.69) is 34.4 Å². The summed E-state index contributed by atoms with van der Waals surface area (Å²) in [6.45, 7) is 8.66. The van der Waals surface area contributed by atoms with E-state index < -0.39 is 0 Å². The fourth-order valence-corrected chi connectivity index (χ4v) is 3.24. The molecule has 26 heavy (non-hydrogen) atoms. The summed E-state index contributed by atoms with van der Waals surface area (Å²) >= 11 is 0. The van der Waals surface area contributed by atoms with Crippen molar-refractivity contribution in [2.24, 2.45) is 0 Å². The summed E-state index contributed by atoms with van der Waals surface area (Å²) in [6.07, 6.45) is 1.67. The highest BCUT2D eigenvalue weighted by molar-refractivity contribution is 5.94. The summed E-state index contributed by atoms with van der Waals surface area (Å²) in [4.78, 5) is 21.2. The van der Waals surface area contributed by atoms with Gasteiger partial charge in [0, 0.05) is 35.3 Å². The lowest BCUT2D eigenvalue weighted by Gasteiger charge is -2.35. The smallest absolute Gasteiger partial charge is 0.251 e. The predicted molar refractivity (Wildman–Crippen MR) is 102 cm³/mol. The number of anilines is 2. The first-order valence-electron chi connectivity index (χ1n) is 8.95. The number of ether oxygens (including phenoxy) is 1. The Hall–Kier alpha value is -2.47. The number of carbonyl (C=O) groups excluding carboxylic acids is 1. The van der Waals surface area contributed by atoms with E-state index >= 15 is 0 Å². The predicted octanol–water partition coefficient (Wildman–Crippen LogP) is 3.52. The molecular formula is C20H26N4O2. The zero-order valence-electron chi connectivity index (χ0n) is 15.8. The summed E-state index contributed by atoms with van der Waals surface area (Å²) in [5, 5.41) is 6.28. The fraction of sp³-hybridized carbons (Fsp3) is 0.450. The SMILES string of the molecule is Cc1cc(C)nc(Nc2ccc(C(=O)N[C@@H]3CCOC(C)(C)C3)cc2)n1. The maximum absolute atomic E-state index is 12.5. The minimum Gasteiger partial charge on any atom is -0.375 e. The van der Waals surface area contributed by atoms with Crippen molar-refractivity contribution in [3.63, 3.8) is 0 Å². The van der Waals surface area contributed by atoms with E-state index in [0.29, 0.717) is 18.1 Å². The number of benzene rings is 1. The Morgan fingerprint density at radius 2 is 1.81 bits per heavy atom. The van der Waals surface area contributed by atoms with Gasteiger partial charge < -0.3 is 15.4 Å². The first kappa shape index (κ1) is 18.3. The third-order valence-electron chi connectivity index (χ3n) is 4.42. The molecule has 0 spiro atoms. The second kappa shape index (κ2) is 7.41. The lowest BCUT2D eigenvalue weighted by Crippen LogP contribution is -2.45. The molecule has 0 unspecified atom stereocenters. The van der Waals surface area contributed by atoms with E-state index in [1.54, 1.807) is 0 Å². The van der Waals surface area contributed by atoms with Crippen molar-refractivity contribution in [2.75, 3.05) is 11.9 Å². The number of aryl methyl sites for hydroxylation is 2. The van der Waals surface area contributed by atoms with Gasteiger partial charge in [-0.3, -0.25) is 4.79 Å². The van der Waals surface area contributed by atoms with Crippen LogP contribution >= 0.6 is 0 Å². The maximum Gasteiger partial charge on any atom is 0.251 e. The number of nitrogens with zero attached hydrogens (tertiary/aromatic N) is 2. The topological polar surface area (TPSA) is 76.1 Å². The molecule has 0 bridgehead atoms. The molecule has 1 aliphatic heterocycles. The number of aromatic nitrogens is 2. The van der Waals surface area contributed by atoms with Gasteiger partial charge in [-0.1, -0.05) is 0 Å². The van der Waals surface area contributed by atoms with Gasteiger partial charge in [-0.25, -0.2) is 9.97 Å². The molecule has 1 aromatic carbocycles. The first-order chi connectivity index (χ1) is 12.3. The van der Waals surface area contributed by atoms with Gasteiger partial charge in [0.05, 0.1) is 5.60 Å². The van der Waals surface area contributed by atoms with Gasteiger partial charge in [0.1, 0.15) is 0 Å². The molecule has 6 heteroatoms. The fourth-order valence-electron chi connectivity index (χ4n) is 3.24. The average molecular weight is 354 g/mol. The normalized spacial score (nSPS) is 19.0. The third-order valence-corrected chi connectivity index (χ3v) is 4.42. The summed E-state index contributed by atoms with van der Waals surface area (Å²) in [7, 11) is 0. The van der Waals surface area contributed by atoms with Crippen LogP contribution in [0.15, 0.2) is 30.3 Å². The molecule has 2 heterocycles. The largest absolute Gasteiger partial charge is 0.375 e. The second-order valence-corrected chi connectivity index (χ2v) is 7.45. The molecule has 138 valence electrons. The van der Waals surface area contributed by atoms with Crippen molar-refractivity contribution in [1.82, 2.24) is 15.3 Å². The van der Waals surface area contributed by atoms with Crippen LogP contribution in [-0.2, 0) is 4.74 Å². The Morgan fingerprint density at radius 1 is 1.15 bits per heavy atom. The van der Waals surface area contributed by atoms with Crippen molar-refractivity contribution in [1.29, 1.82) is 0 Å². The summed E-state index contributed by atoms with van der Waals surface area (Å²) in [5.41, 5.74) is 3.13. The van der Waals surface area contributed by atoms with Crippen molar-refractivity contribution >= 4 is 17.5 Å². The number of hydrogen-bond donors (Lipinski definition) is 2. The summed E-state index contributed by atoms with van der Waals surface area (Å²) < 4.78 is 5.70. The van der Waals surface area contributed by atoms with E-state index in [-0.39, 0.29) is 17.6 Å². The van der Waals surface area contributed by atoms with Gasteiger partial charge in [-0.2, -0.15) is 0 Å². The van der Waals surface area contributed by atoms with Gasteiger partial charge in [0.2, 0.25) is 5.95 Å². The van der Waals surface area contributed by atoms with Crippen LogP contribution in [0.25, 0.3) is 0 Å². The molecule has 1 aliphatic rings. The third kappa shape index (κ3) is 4.79. The molecule has 6 nitrogen and oxygen atoms in total. The van der Waals surface area contributed by atoms with Crippen molar-refractivity contribution < 1.29 is 9.53 Å². The highest BCUT2D eigenvalue weighted by Gasteiger charge is 2.29. The van der Waals surface area contributed by atoms with Crippen LogP contribution in [0.4, 0.5) is 11.6 Å². The van der Waals surface area contributed by atoms with Gasteiger partial charge in [0.25, 0.3) is 5.91 Å². The molecule has 1 amide bonds. The van der Waals surface area contributed by atoms with Gasteiger partial charge in [0.15, 0.2) is 0 Å². The molecule has 1 fully saturated rings. The highest BCUT2D eigenvalue weighted by Crippen LogP contribution is 2.24. The molecule has 2 aromatic rings. The van der Waals surface area contributed by atoms with Crippen LogP contribution in [0, 0.1) is 13.8 Å². The van der Waals surface area contributed by atoms with Crippen LogP contribution in [-0.4, -0.2) is 34.1 Å².